The number of allylic oxidation sites excluding steroid dienone is 1. The van der Waals surface area contributed by atoms with Gasteiger partial charge in [0.25, 0.3) is 5.69 Å². The molecule has 3 rings (SSSR count). The number of fused-ring (bicyclic) bond motifs is 1. The summed E-state index contributed by atoms with van der Waals surface area (Å²) in [6.45, 7) is 2.31. The first-order chi connectivity index (χ1) is 12.9. The second kappa shape index (κ2) is 7.49. The monoisotopic (exact) mass is 368 g/mol. The lowest BCUT2D eigenvalue weighted by atomic mass is 9.95. The van der Waals surface area contributed by atoms with Crippen LogP contribution >= 0.6 is 0 Å². The standard InChI is InChI=1S/C20H20N2O5/c1-12-8-14(4-5-17(12)22(24)25)18(23)11-16-15-10-20(27-3)19(26-2)9-13(15)6-7-21-16/h4-5,8-11,21H,6-7H2,1-3H3/b16-11-. The van der Waals surface area contributed by atoms with Crippen LogP contribution in [0.5, 0.6) is 11.5 Å². The van der Waals surface area contributed by atoms with E-state index >= 15 is 0 Å². The molecule has 140 valence electrons. The van der Waals surface area contributed by atoms with Crippen LogP contribution in [0.2, 0.25) is 0 Å². The van der Waals surface area contributed by atoms with Crippen LogP contribution in [0.15, 0.2) is 36.4 Å². The van der Waals surface area contributed by atoms with Crippen molar-refractivity contribution in [2.24, 2.45) is 0 Å². The molecule has 0 amide bonds. The number of methoxy groups -OCH3 is 2. The summed E-state index contributed by atoms with van der Waals surface area (Å²) in [5.74, 6) is 1.01. The third-order valence-corrected chi connectivity index (χ3v) is 4.56. The van der Waals surface area contributed by atoms with Gasteiger partial charge in [-0.15, -0.1) is 0 Å². The molecule has 7 nitrogen and oxygen atoms in total. The number of ketones is 1. The van der Waals surface area contributed by atoms with Crippen molar-refractivity contribution in [3.63, 3.8) is 0 Å². The number of nitrogens with one attached hydrogen (secondary N) is 1. The molecule has 1 aliphatic heterocycles. The molecule has 7 heteroatoms. The summed E-state index contributed by atoms with van der Waals surface area (Å²) in [6.07, 6.45) is 2.32. The lowest BCUT2D eigenvalue weighted by Gasteiger charge is -2.23. The number of rotatable bonds is 5. The van der Waals surface area contributed by atoms with Gasteiger partial charge in [-0.2, -0.15) is 0 Å². The number of ether oxygens (including phenoxy) is 2. The van der Waals surface area contributed by atoms with Crippen molar-refractivity contribution in [3.8, 4) is 11.5 Å². The van der Waals surface area contributed by atoms with Crippen molar-refractivity contribution in [2.75, 3.05) is 20.8 Å². The van der Waals surface area contributed by atoms with Crippen molar-refractivity contribution < 1.29 is 19.2 Å². The highest BCUT2D eigenvalue weighted by Crippen LogP contribution is 2.35. The van der Waals surface area contributed by atoms with E-state index in [9.17, 15) is 14.9 Å². The van der Waals surface area contributed by atoms with Crippen LogP contribution in [0.1, 0.15) is 27.0 Å². The summed E-state index contributed by atoms with van der Waals surface area (Å²) >= 11 is 0. The molecule has 0 bridgehead atoms. The highest BCUT2D eigenvalue weighted by Gasteiger charge is 2.20. The summed E-state index contributed by atoms with van der Waals surface area (Å²) in [6, 6.07) is 8.14. The lowest BCUT2D eigenvalue weighted by molar-refractivity contribution is -0.385. The fraction of sp³-hybridized carbons (Fsp3) is 0.250. The van der Waals surface area contributed by atoms with E-state index in [1.165, 1.54) is 24.3 Å². The summed E-state index contributed by atoms with van der Waals surface area (Å²) in [5.41, 5.74) is 3.49. The first-order valence-electron chi connectivity index (χ1n) is 8.44. The van der Waals surface area contributed by atoms with Gasteiger partial charge in [-0.3, -0.25) is 14.9 Å². The Balaban J connectivity index is 1.98. The molecule has 1 aliphatic rings. The molecular formula is C20H20N2O5. The van der Waals surface area contributed by atoms with Gasteiger partial charge in [0.1, 0.15) is 0 Å². The van der Waals surface area contributed by atoms with Gasteiger partial charge in [-0.05, 0) is 43.2 Å². The van der Waals surface area contributed by atoms with Gasteiger partial charge in [0.2, 0.25) is 0 Å². The number of nitrogens with zero attached hydrogens (tertiary/aromatic N) is 1. The third kappa shape index (κ3) is 3.62. The highest BCUT2D eigenvalue weighted by atomic mass is 16.6. The zero-order chi connectivity index (χ0) is 19.6. The highest BCUT2D eigenvalue weighted by molar-refractivity contribution is 6.08. The Morgan fingerprint density at radius 3 is 2.52 bits per heavy atom. The van der Waals surface area contributed by atoms with Crippen LogP contribution in [0.3, 0.4) is 0 Å². The first-order valence-corrected chi connectivity index (χ1v) is 8.44. The summed E-state index contributed by atoms with van der Waals surface area (Å²) in [7, 11) is 3.15. The van der Waals surface area contributed by atoms with Crippen LogP contribution in [0.4, 0.5) is 5.69 Å². The minimum Gasteiger partial charge on any atom is -0.493 e. The molecule has 2 aromatic carbocycles. The van der Waals surface area contributed by atoms with Crippen LogP contribution in [0, 0.1) is 17.0 Å². The van der Waals surface area contributed by atoms with Gasteiger partial charge in [0, 0.05) is 41.1 Å². The number of nitro groups is 1. The number of benzene rings is 2. The Bertz CT molecular complexity index is 950. The van der Waals surface area contributed by atoms with E-state index in [4.69, 9.17) is 9.47 Å². The molecule has 0 spiro atoms. The first kappa shape index (κ1) is 18.4. The molecule has 0 unspecified atom stereocenters. The smallest absolute Gasteiger partial charge is 0.272 e. The van der Waals surface area contributed by atoms with Gasteiger partial charge in [0.05, 0.1) is 19.1 Å². The van der Waals surface area contributed by atoms with Crippen LogP contribution in [-0.4, -0.2) is 31.5 Å². The predicted octanol–water partition coefficient (Wildman–Crippen LogP) is 3.29. The summed E-state index contributed by atoms with van der Waals surface area (Å²) < 4.78 is 10.7. The van der Waals surface area contributed by atoms with Gasteiger partial charge in [-0.25, -0.2) is 0 Å². The van der Waals surface area contributed by atoms with Gasteiger partial charge >= 0.3 is 0 Å². The maximum absolute atomic E-state index is 12.7. The molecule has 0 saturated carbocycles. The maximum atomic E-state index is 12.7. The van der Waals surface area contributed by atoms with Gasteiger partial charge in [-0.1, -0.05) is 0 Å². The molecular weight excluding hydrogens is 348 g/mol. The fourth-order valence-corrected chi connectivity index (χ4v) is 3.16. The molecule has 2 aromatic rings. The minimum atomic E-state index is -0.458. The predicted molar refractivity (Wildman–Crippen MR) is 101 cm³/mol. The number of nitro benzene ring substituents is 1. The summed E-state index contributed by atoms with van der Waals surface area (Å²) in [5, 5.41) is 14.2. The van der Waals surface area contributed by atoms with Crippen molar-refractivity contribution >= 4 is 17.2 Å². The second-order valence-electron chi connectivity index (χ2n) is 6.22. The molecule has 0 atom stereocenters. The maximum Gasteiger partial charge on any atom is 0.272 e. The topological polar surface area (TPSA) is 90.7 Å². The number of carbonyl (C=O) groups is 1. The lowest BCUT2D eigenvalue weighted by Crippen LogP contribution is -2.23. The molecule has 0 aromatic heterocycles. The average Bonchev–Trinajstić information content (AvgIpc) is 2.66. The average molecular weight is 368 g/mol. The Labute approximate surface area is 156 Å². The van der Waals surface area contributed by atoms with E-state index in [0.717, 1.165) is 17.5 Å². The Kier molecular flexibility index (Phi) is 5.12. The normalized spacial score (nSPS) is 14.3. The Hall–Kier alpha value is -3.35. The number of carbonyl (C=O) groups excluding carboxylic acids is 1. The second-order valence-corrected chi connectivity index (χ2v) is 6.22. The minimum absolute atomic E-state index is 0.00262. The van der Waals surface area contributed by atoms with Crippen molar-refractivity contribution in [1.82, 2.24) is 5.32 Å². The Morgan fingerprint density at radius 2 is 1.89 bits per heavy atom. The zero-order valence-corrected chi connectivity index (χ0v) is 15.4. The van der Waals surface area contributed by atoms with E-state index in [2.05, 4.69) is 5.32 Å². The molecule has 0 fully saturated rings. The third-order valence-electron chi connectivity index (χ3n) is 4.56. The molecule has 0 saturated heterocycles. The largest absolute Gasteiger partial charge is 0.493 e. The van der Waals surface area contributed by atoms with Crippen LogP contribution in [-0.2, 0) is 6.42 Å². The van der Waals surface area contributed by atoms with E-state index in [1.807, 2.05) is 12.1 Å². The molecule has 1 heterocycles. The van der Waals surface area contributed by atoms with Crippen molar-refractivity contribution in [1.29, 1.82) is 0 Å². The van der Waals surface area contributed by atoms with E-state index in [1.54, 1.807) is 21.1 Å². The van der Waals surface area contributed by atoms with Crippen LogP contribution in [0.25, 0.3) is 5.70 Å². The number of hydrogen-bond donors (Lipinski definition) is 1. The van der Waals surface area contributed by atoms with Gasteiger partial charge in [0.15, 0.2) is 17.3 Å². The number of aryl methyl sites for hydroxylation is 1. The summed E-state index contributed by atoms with van der Waals surface area (Å²) in [4.78, 5) is 23.2. The van der Waals surface area contributed by atoms with Crippen molar-refractivity contribution in [3.05, 3.63) is 68.8 Å². The number of hydrogen-bond acceptors (Lipinski definition) is 6. The fourth-order valence-electron chi connectivity index (χ4n) is 3.16. The van der Waals surface area contributed by atoms with Gasteiger partial charge < -0.3 is 14.8 Å². The molecule has 27 heavy (non-hydrogen) atoms. The van der Waals surface area contributed by atoms with E-state index < -0.39 is 4.92 Å². The van der Waals surface area contributed by atoms with E-state index in [-0.39, 0.29) is 11.5 Å². The quantitative estimate of drug-likeness (QED) is 0.377. The van der Waals surface area contributed by atoms with E-state index in [0.29, 0.717) is 34.9 Å². The molecule has 0 radical (unpaired) electrons. The molecule has 0 aliphatic carbocycles. The zero-order valence-electron chi connectivity index (χ0n) is 15.4. The van der Waals surface area contributed by atoms with Crippen LogP contribution < -0.4 is 14.8 Å². The molecule has 1 N–H and O–H groups in total. The van der Waals surface area contributed by atoms with Crippen molar-refractivity contribution in [2.45, 2.75) is 13.3 Å². The Morgan fingerprint density at radius 1 is 1.19 bits per heavy atom. The SMILES string of the molecule is COc1cc2c(cc1OC)/C(=C/C(=O)c1ccc([N+](=O)[O-])c(C)c1)NCC2.